The summed E-state index contributed by atoms with van der Waals surface area (Å²) in [6.45, 7) is 4.91. The molecule has 2 aromatic carbocycles. The van der Waals surface area contributed by atoms with E-state index in [4.69, 9.17) is 20.8 Å². The van der Waals surface area contributed by atoms with Crippen molar-refractivity contribution in [2.75, 3.05) is 13.1 Å². The zero-order chi connectivity index (χ0) is 18.3. The van der Waals surface area contributed by atoms with Crippen LogP contribution < -0.4 is 0 Å². The average molecular weight is 370 g/mol. The molecule has 1 saturated heterocycles. The maximum absolute atomic E-state index is 13.2. The molecular weight excluding hydrogens is 350 g/mol. The molecule has 2 heterocycles. The second-order valence-corrected chi connectivity index (χ2v) is 7.14. The smallest absolute Gasteiger partial charge is 0.290 e. The van der Waals surface area contributed by atoms with Gasteiger partial charge < -0.3 is 14.1 Å². The molecule has 0 radical (unpaired) electrons. The lowest BCUT2D eigenvalue weighted by molar-refractivity contribution is -0.0697. The molecule has 1 fully saturated rings. The monoisotopic (exact) mass is 369 g/mol. The number of halogens is 1. The van der Waals surface area contributed by atoms with E-state index in [0.29, 0.717) is 29.5 Å². The van der Waals surface area contributed by atoms with Gasteiger partial charge in [0.1, 0.15) is 6.10 Å². The number of aryl methyl sites for hydroxylation is 1. The van der Waals surface area contributed by atoms with Crippen LogP contribution in [0.5, 0.6) is 0 Å². The van der Waals surface area contributed by atoms with Crippen LogP contribution in [0.2, 0.25) is 5.02 Å². The van der Waals surface area contributed by atoms with Crippen LogP contribution in [0.25, 0.3) is 11.0 Å². The topological polar surface area (TPSA) is 42.7 Å². The summed E-state index contributed by atoms with van der Waals surface area (Å²) in [5.41, 5.74) is 2.46. The maximum Gasteiger partial charge on any atom is 0.290 e. The molecule has 2 atom stereocenters. The number of fused-ring (bicyclic) bond motifs is 1. The fraction of sp³-hybridized carbons (Fsp3) is 0.286. The molecule has 1 aromatic heterocycles. The molecule has 26 heavy (non-hydrogen) atoms. The third-order valence-electron chi connectivity index (χ3n) is 4.83. The molecule has 4 nitrogen and oxygen atoms in total. The molecule has 4 rings (SSSR count). The van der Waals surface area contributed by atoms with E-state index in [1.165, 1.54) is 0 Å². The summed E-state index contributed by atoms with van der Waals surface area (Å²) >= 11 is 6.22. The van der Waals surface area contributed by atoms with Gasteiger partial charge in [0.25, 0.3) is 5.91 Å². The van der Waals surface area contributed by atoms with Crippen LogP contribution in [0.3, 0.4) is 0 Å². The molecule has 134 valence electrons. The number of furan rings is 1. The molecule has 1 aliphatic heterocycles. The molecule has 0 aliphatic carbocycles. The molecule has 5 heteroatoms. The van der Waals surface area contributed by atoms with Gasteiger partial charge in [-0.1, -0.05) is 54.1 Å². The van der Waals surface area contributed by atoms with Crippen LogP contribution in [0.15, 0.2) is 52.9 Å². The number of ether oxygens (including phenoxy) is 1. The average Bonchev–Trinajstić information content (AvgIpc) is 3.00. The predicted molar refractivity (Wildman–Crippen MR) is 102 cm³/mol. The van der Waals surface area contributed by atoms with E-state index >= 15 is 0 Å². The zero-order valence-electron chi connectivity index (χ0n) is 14.7. The van der Waals surface area contributed by atoms with Gasteiger partial charge in [-0.15, -0.1) is 0 Å². The van der Waals surface area contributed by atoms with Crippen molar-refractivity contribution < 1.29 is 13.9 Å². The Kier molecular flexibility index (Phi) is 4.47. The number of amides is 1. The molecule has 0 bridgehead atoms. The van der Waals surface area contributed by atoms with Gasteiger partial charge in [0.2, 0.25) is 0 Å². The quantitative estimate of drug-likeness (QED) is 0.638. The van der Waals surface area contributed by atoms with Gasteiger partial charge in [0.05, 0.1) is 17.7 Å². The van der Waals surface area contributed by atoms with Crippen molar-refractivity contribution in [1.82, 2.24) is 4.90 Å². The van der Waals surface area contributed by atoms with E-state index in [-0.39, 0.29) is 18.1 Å². The Balaban J connectivity index is 1.65. The standard InChI is InChI=1S/C21H20ClNO3/c1-13-11-23(12-18(25-13)15-7-4-3-5-8-15)21(24)19-14(2)16-9-6-10-17(22)20(16)26-19/h3-10,13,18H,11-12H2,1-2H3. The molecule has 1 amide bonds. The van der Waals surface area contributed by atoms with Crippen molar-refractivity contribution in [2.24, 2.45) is 0 Å². The van der Waals surface area contributed by atoms with Gasteiger partial charge in [-0.2, -0.15) is 0 Å². The van der Waals surface area contributed by atoms with Crippen LogP contribution >= 0.6 is 11.6 Å². The molecule has 3 aromatic rings. The summed E-state index contributed by atoms with van der Waals surface area (Å²) in [5, 5.41) is 1.39. The first-order chi connectivity index (χ1) is 12.5. The number of rotatable bonds is 2. The van der Waals surface area contributed by atoms with E-state index in [2.05, 4.69) is 0 Å². The Labute approximate surface area is 157 Å². The fourth-order valence-corrected chi connectivity index (χ4v) is 3.74. The Morgan fingerprint density at radius 3 is 2.62 bits per heavy atom. The Morgan fingerprint density at radius 1 is 1.12 bits per heavy atom. The Bertz CT molecular complexity index is 951. The molecule has 0 spiro atoms. The number of hydrogen-bond donors (Lipinski definition) is 0. The number of carbonyl (C=O) groups excluding carboxylic acids is 1. The molecular formula is C21H20ClNO3. The summed E-state index contributed by atoms with van der Waals surface area (Å²) in [4.78, 5) is 15.0. The minimum atomic E-state index is -0.142. The minimum absolute atomic E-state index is 0.0498. The van der Waals surface area contributed by atoms with E-state index in [1.807, 2.05) is 61.2 Å². The van der Waals surface area contributed by atoms with Gasteiger partial charge in [-0.05, 0) is 25.5 Å². The first-order valence-corrected chi connectivity index (χ1v) is 9.09. The number of carbonyl (C=O) groups is 1. The van der Waals surface area contributed by atoms with Gasteiger partial charge in [0.15, 0.2) is 11.3 Å². The molecule has 0 saturated carbocycles. The highest BCUT2D eigenvalue weighted by atomic mass is 35.5. The van der Waals surface area contributed by atoms with E-state index < -0.39 is 0 Å². The number of nitrogens with zero attached hydrogens (tertiary/aromatic N) is 1. The Hall–Kier alpha value is -2.30. The normalized spacial score (nSPS) is 20.5. The SMILES string of the molecule is Cc1c(C(=O)N2CC(C)OC(c3ccccc3)C2)oc2c(Cl)cccc12. The van der Waals surface area contributed by atoms with Gasteiger partial charge in [-0.25, -0.2) is 0 Å². The summed E-state index contributed by atoms with van der Waals surface area (Å²) in [7, 11) is 0. The molecule has 0 N–H and O–H groups in total. The highest BCUT2D eigenvalue weighted by Gasteiger charge is 2.32. The Morgan fingerprint density at radius 2 is 1.88 bits per heavy atom. The zero-order valence-corrected chi connectivity index (χ0v) is 15.5. The van der Waals surface area contributed by atoms with Crippen molar-refractivity contribution in [3.05, 3.63) is 70.4 Å². The molecule has 1 aliphatic rings. The van der Waals surface area contributed by atoms with Crippen LogP contribution in [0.4, 0.5) is 0 Å². The van der Waals surface area contributed by atoms with Crippen molar-refractivity contribution in [2.45, 2.75) is 26.1 Å². The highest BCUT2D eigenvalue weighted by molar-refractivity contribution is 6.35. The maximum atomic E-state index is 13.2. The van der Waals surface area contributed by atoms with Crippen LogP contribution in [-0.2, 0) is 4.74 Å². The van der Waals surface area contributed by atoms with Crippen molar-refractivity contribution >= 4 is 28.5 Å². The predicted octanol–water partition coefficient (Wildman–Crippen LogP) is 5.00. The van der Waals surface area contributed by atoms with E-state index in [9.17, 15) is 4.79 Å². The number of morpholine rings is 1. The summed E-state index contributed by atoms with van der Waals surface area (Å²) in [5.74, 6) is 0.236. The number of hydrogen-bond acceptors (Lipinski definition) is 3. The van der Waals surface area contributed by atoms with Crippen LogP contribution in [0, 0.1) is 6.92 Å². The van der Waals surface area contributed by atoms with Crippen molar-refractivity contribution in [3.63, 3.8) is 0 Å². The minimum Gasteiger partial charge on any atom is -0.449 e. The summed E-state index contributed by atoms with van der Waals surface area (Å²) in [6.07, 6.45) is -0.191. The summed E-state index contributed by atoms with van der Waals surface area (Å²) < 4.78 is 11.9. The first-order valence-electron chi connectivity index (χ1n) is 8.72. The van der Waals surface area contributed by atoms with Crippen molar-refractivity contribution in [1.29, 1.82) is 0 Å². The van der Waals surface area contributed by atoms with E-state index in [1.54, 1.807) is 6.07 Å². The van der Waals surface area contributed by atoms with Gasteiger partial charge in [0, 0.05) is 17.5 Å². The second kappa shape index (κ2) is 6.78. The number of benzene rings is 2. The summed E-state index contributed by atoms with van der Waals surface area (Å²) in [6, 6.07) is 15.5. The highest BCUT2D eigenvalue weighted by Crippen LogP contribution is 2.33. The van der Waals surface area contributed by atoms with Crippen LogP contribution in [0.1, 0.15) is 34.7 Å². The lowest BCUT2D eigenvalue weighted by Crippen LogP contribution is -2.46. The lowest BCUT2D eigenvalue weighted by atomic mass is 10.1. The fourth-order valence-electron chi connectivity index (χ4n) is 3.53. The lowest BCUT2D eigenvalue weighted by Gasteiger charge is -2.36. The third kappa shape index (κ3) is 3.00. The third-order valence-corrected chi connectivity index (χ3v) is 5.13. The second-order valence-electron chi connectivity index (χ2n) is 6.73. The largest absolute Gasteiger partial charge is 0.449 e. The van der Waals surface area contributed by atoms with E-state index in [0.717, 1.165) is 16.5 Å². The molecule has 2 unspecified atom stereocenters. The first kappa shape index (κ1) is 17.1. The van der Waals surface area contributed by atoms with Crippen molar-refractivity contribution in [3.8, 4) is 0 Å². The van der Waals surface area contributed by atoms with Gasteiger partial charge >= 0.3 is 0 Å². The van der Waals surface area contributed by atoms with Gasteiger partial charge in [-0.3, -0.25) is 4.79 Å². The van der Waals surface area contributed by atoms with Crippen LogP contribution in [-0.4, -0.2) is 30.0 Å². The number of para-hydroxylation sites is 1.